The van der Waals surface area contributed by atoms with E-state index in [1.807, 2.05) is 6.92 Å². The topological polar surface area (TPSA) is 55.1 Å². The SMILES string of the molecule is Cc1ccc(C(=O)Nc2cc(F)c(Br)cc2C)cc1N. The van der Waals surface area contributed by atoms with Gasteiger partial charge in [-0.2, -0.15) is 0 Å². The van der Waals surface area contributed by atoms with E-state index < -0.39 is 5.82 Å². The fourth-order valence-electron chi connectivity index (χ4n) is 1.76. The Bertz CT molecular complexity index is 686. The first-order chi connectivity index (χ1) is 9.38. The Kier molecular flexibility index (Phi) is 4.09. The molecule has 2 rings (SSSR count). The molecule has 0 bridgehead atoms. The molecule has 0 aliphatic rings. The van der Waals surface area contributed by atoms with Crippen LogP contribution in [0.15, 0.2) is 34.8 Å². The van der Waals surface area contributed by atoms with Crippen LogP contribution in [0.2, 0.25) is 0 Å². The lowest BCUT2D eigenvalue weighted by molar-refractivity contribution is 0.102. The van der Waals surface area contributed by atoms with E-state index >= 15 is 0 Å². The normalized spacial score (nSPS) is 10.4. The van der Waals surface area contributed by atoms with E-state index in [1.54, 1.807) is 31.2 Å². The van der Waals surface area contributed by atoms with Crippen LogP contribution in [-0.4, -0.2) is 5.91 Å². The summed E-state index contributed by atoms with van der Waals surface area (Å²) in [7, 11) is 0. The average Bonchev–Trinajstić information content (AvgIpc) is 2.39. The molecule has 3 nitrogen and oxygen atoms in total. The molecule has 0 heterocycles. The number of nitrogens with one attached hydrogen (secondary N) is 1. The average molecular weight is 337 g/mol. The maximum absolute atomic E-state index is 13.5. The molecule has 0 saturated carbocycles. The first-order valence-corrected chi connectivity index (χ1v) is 6.81. The number of hydrogen-bond acceptors (Lipinski definition) is 2. The molecule has 2 aromatic rings. The van der Waals surface area contributed by atoms with E-state index in [0.717, 1.165) is 11.1 Å². The van der Waals surface area contributed by atoms with Gasteiger partial charge >= 0.3 is 0 Å². The number of carbonyl (C=O) groups is 1. The highest BCUT2D eigenvalue weighted by atomic mass is 79.9. The van der Waals surface area contributed by atoms with E-state index in [4.69, 9.17) is 5.73 Å². The molecule has 0 aromatic heterocycles. The maximum atomic E-state index is 13.5. The van der Waals surface area contributed by atoms with Crippen LogP contribution in [0.3, 0.4) is 0 Å². The molecule has 0 aliphatic carbocycles. The van der Waals surface area contributed by atoms with Gasteiger partial charge in [0.2, 0.25) is 0 Å². The second-order valence-electron chi connectivity index (χ2n) is 4.61. The lowest BCUT2D eigenvalue weighted by Crippen LogP contribution is -2.13. The van der Waals surface area contributed by atoms with Gasteiger partial charge in [-0.15, -0.1) is 0 Å². The molecule has 2 aromatic carbocycles. The monoisotopic (exact) mass is 336 g/mol. The lowest BCUT2D eigenvalue weighted by Gasteiger charge is -2.10. The Morgan fingerprint density at radius 1 is 1.20 bits per heavy atom. The molecule has 0 fully saturated rings. The minimum atomic E-state index is -0.422. The van der Waals surface area contributed by atoms with Crippen LogP contribution in [0.25, 0.3) is 0 Å². The minimum absolute atomic E-state index is 0.318. The molecule has 0 spiro atoms. The van der Waals surface area contributed by atoms with Gasteiger partial charge in [0.05, 0.1) is 4.47 Å². The number of nitrogen functional groups attached to an aromatic ring is 1. The molecule has 5 heteroatoms. The van der Waals surface area contributed by atoms with Gasteiger partial charge in [-0.1, -0.05) is 6.07 Å². The van der Waals surface area contributed by atoms with Crippen LogP contribution >= 0.6 is 15.9 Å². The number of rotatable bonds is 2. The summed E-state index contributed by atoms with van der Waals surface area (Å²) in [5.74, 6) is -0.740. The summed E-state index contributed by atoms with van der Waals surface area (Å²) in [5.41, 5.74) is 8.89. The predicted molar refractivity (Wildman–Crippen MR) is 82.4 cm³/mol. The van der Waals surface area contributed by atoms with E-state index in [2.05, 4.69) is 21.2 Å². The van der Waals surface area contributed by atoms with Crippen LogP contribution in [0, 0.1) is 19.7 Å². The number of nitrogens with two attached hydrogens (primary N) is 1. The zero-order chi connectivity index (χ0) is 14.9. The molecular weight excluding hydrogens is 323 g/mol. The third kappa shape index (κ3) is 2.99. The van der Waals surface area contributed by atoms with Crippen molar-refractivity contribution in [2.45, 2.75) is 13.8 Å². The molecule has 104 valence electrons. The molecule has 0 aliphatic heterocycles. The zero-order valence-corrected chi connectivity index (χ0v) is 12.7. The molecule has 0 unspecified atom stereocenters. The molecular formula is C15H14BrFN2O. The third-order valence-electron chi connectivity index (χ3n) is 3.06. The number of hydrogen-bond donors (Lipinski definition) is 2. The minimum Gasteiger partial charge on any atom is -0.398 e. The van der Waals surface area contributed by atoms with Crippen molar-refractivity contribution in [1.82, 2.24) is 0 Å². The molecule has 3 N–H and O–H groups in total. The fraction of sp³-hybridized carbons (Fsp3) is 0.133. The summed E-state index contributed by atoms with van der Waals surface area (Å²) in [6.07, 6.45) is 0. The first-order valence-electron chi connectivity index (χ1n) is 6.01. The van der Waals surface area contributed by atoms with E-state index in [-0.39, 0.29) is 5.91 Å². The van der Waals surface area contributed by atoms with Gasteiger partial charge < -0.3 is 11.1 Å². The van der Waals surface area contributed by atoms with E-state index in [1.165, 1.54) is 6.07 Å². The third-order valence-corrected chi connectivity index (χ3v) is 3.66. The first kappa shape index (κ1) is 14.5. The second-order valence-corrected chi connectivity index (χ2v) is 5.46. The molecule has 20 heavy (non-hydrogen) atoms. The van der Waals surface area contributed by atoms with Crippen LogP contribution in [0.1, 0.15) is 21.5 Å². The van der Waals surface area contributed by atoms with Gasteiger partial charge in [0.1, 0.15) is 5.82 Å². The zero-order valence-electron chi connectivity index (χ0n) is 11.1. The molecule has 1 amide bonds. The smallest absolute Gasteiger partial charge is 0.255 e. The van der Waals surface area contributed by atoms with Crippen LogP contribution in [0.5, 0.6) is 0 Å². The van der Waals surface area contributed by atoms with Gasteiger partial charge in [-0.3, -0.25) is 4.79 Å². The highest BCUT2D eigenvalue weighted by molar-refractivity contribution is 9.10. The Morgan fingerprint density at radius 3 is 2.55 bits per heavy atom. The Labute approximate surface area is 125 Å². The number of carbonyl (C=O) groups excluding carboxylic acids is 1. The Hall–Kier alpha value is -1.88. The molecule has 0 saturated heterocycles. The summed E-state index contributed by atoms with van der Waals surface area (Å²) < 4.78 is 13.9. The van der Waals surface area contributed by atoms with Gasteiger partial charge in [-0.25, -0.2) is 4.39 Å². The van der Waals surface area contributed by atoms with Crippen molar-refractivity contribution < 1.29 is 9.18 Å². The highest BCUT2D eigenvalue weighted by Gasteiger charge is 2.11. The van der Waals surface area contributed by atoms with Crippen molar-refractivity contribution in [1.29, 1.82) is 0 Å². The van der Waals surface area contributed by atoms with Crippen molar-refractivity contribution in [3.05, 3.63) is 57.3 Å². The molecule has 0 radical (unpaired) electrons. The summed E-state index contributed by atoms with van der Waals surface area (Å²) in [4.78, 5) is 12.1. The predicted octanol–water partition coefficient (Wildman–Crippen LogP) is 4.04. The van der Waals surface area contributed by atoms with Gasteiger partial charge in [0.25, 0.3) is 5.91 Å². The second kappa shape index (κ2) is 5.63. The Balaban J connectivity index is 2.27. The quantitative estimate of drug-likeness (QED) is 0.813. The lowest BCUT2D eigenvalue weighted by atomic mass is 10.1. The number of benzene rings is 2. The Morgan fingerprint density at radius 2 is 1.90 bits per heavy atom. The summed E-state index contributed by atoms with van der Waals surface area (Å²) in [6, 6.07) is 7.98. The van der Waals surface area contributed by atoms with Gasteiger partial charge in [0, 0.05) is 16.9 Å². The summed E-state index contributed by atoms with van der Waals surface area (Å²) in [6.45, 7) is 3.66. The largest absolute Gasteiger partial charge is 0.398 e. The van der Waals surface area contributed by atoms with Crippen molar-refractivity contribution in [2.24, 2.45) is 0 Å². The van der Waals surface area contributed by atoms with Gasteiger partial charge in [-0.05, 0) is 65.2 Å². The van der Waals surface area contributed by atoms with Crippen molar-refractivity contribution >= 4 is 33.2 Å². The van der Waals surface area contributed by atoms with Crippen LogP contribution in [0.4, 0.5) is 15.8 Å². The highest BCUT2D eigenvalue weighted by Crippen LogP contribution is 2.24. The standard InChI is InChI=1S/C15H14BrFN2O/c1-8-3-4-10(6-13(8)18)15(20)19-14-7-12(17)11(16)5-9(14)2/h3-7H,18H2,1-2H3,(H,19,20). The van der Waals surface area contributed by atoms with Crippen molar-refractivity contribution in [2.75, 3.05) is 11.1 Å². The van der Waals surface area contributed by atoms with Crippen molar-refractivity contribution in [3.8, 4) is 0 Å². The van der Waals surface area contributed by atoms with E-state index in [9.17, 15) is 9.18 Å². The number of halogens is 2. The van der Waals surface area contributed by atoms with Crippen LogP contribution in [-0.2, 0) is 0 Å². The van der Waals surface area contributed by atoms with Crippen LogP contribution < -0.4 is 11.1 Å². The molecule has 0 atom stereocenters. The maximum Gasteiger partial charge on any atom is 0.255 e. The van der Waals surface area contributed by atoms with Crippen molar-refractivity contribution in [3.63, 3.8) is 0 Å². The summed E-state index contributed by atoms with van der Waals surface area (Å²) in [5, 5.41) is 2.69. The number of anilines is 2. The number of aryl methyl sites for hydroxylation is 2. The fourth-order valence-corrected chi connectivity index (χ4v) is 2.21. The number of amides is 1. The van der Waals surface area contributed by atoms with E-state index in [0.29, 0.717) is 21.4 Å². The van der Waals surface area contributed by atoms with Gasteiger partial charge in [0.15, 0.2) is 0 Å². The summed E-state index contributed by atoms with van der Waals surface area (Å²) >= 11 is 3.10.